The molecule has 2 nitrogen and oxygen atoms in total. The average Bonchev–Trinajstić information content (AvgIpc) is 2.20. The van der Waals surface area contributed by atoms with Gasteiger partial charge >= 0.3 is 0 Å². The van der Waals surface area contributed by atoms with E-state index in [0.29, 0.717) is 0 Å². The van der Waals surface area contributed by atoms with Gasteiger partial charge in [-0.1, -0.05) is 19.1 Å². The minimum absolute atomic E-state index is 0.236. The molecule has 0 saturated heterocycles. The summed E-state index contributed by atoms with van der Waals surface area (Å²) < 4.78 is 0. The Balaban J connectivity index is 2.48. The third kappa shape index (κ3) is 5.01. The molecule has 2 N–H and O–H groups in total. The van der Waals surface area contributed by atoms with Gasteiger partial charge in [0.1, 0.15) is 0 Å². The first-order chi connectivity index (χ1) is 7.61. The van der Waals surface area contributed by atoms with E-state index in [2.05, 4.69) is 43.1 Å². The number of hydrogen-bond donors (Lipinski definition) is 1. The number of rotatable bonds is 6. The number of nitrogens with two attached hydrogens (primary N) is 1. The SMILES string of the molecule is CCSc1ccc(CN(C)CC(C)N)cc1. The fourth-order valence-corrected chi connectivity index (χ4v) is 2.39. The first kappa shape index (κ1) is 13.6. The third-order valence-electron chi connectivity index (χ3n) is 2.29. The van der Waals surface area contributed by atoms with Crippen molar-refractivity contribution in [1.82, 2.24) is 4.90 Å². The second kappa shape index (κ2) is 6.94. The van der Waals surface area contributed by atoms with Crippen LogP contribution >= 0.6 is 11.8 Å². The highest BCUT2D eigenvalue weighted by Crippen LogP contribution is 2.18. The van der Waals surface area contributed by atoms with Gasteiger partial charge in [0, 0.05) is 24.0 Å². The van der Waals surface area contributed by atoms with E-state index in [1.807, 2.05) is 18.7 Å². The van der Waals surface area contributed by atoms with Gasteiger partial charge in [0.2, 0.25) is 0 Å². The number of hydrogen-bond acceptors (Lipinski definition) is 3. The van der Waals surface area contributed by atoms with Crippen LogP contribution in [0.2, 0.25) is 0 Å². The summed E-state index contributed by atoms with van der Waals surface area (Å²) in [5.74, 6) is 1.13. The normalized spacial score (nSPS) is 13.1. The van der Waals surface area contributed by atoms with Crippen LogP contribution in [0.4, 0.5) is 0 Å². The molecule has 90 valence electrons. The van der Waals surface area contributed by atoms with Crippen LogP contribution in [0.25, 0.3) is 0 Å². The molecule has 0 aliphatic carbocycles. The summed E-state index contributed by atoms with van der Waals surface area (Å²) in [5, 5.41) is 0. The number of nitrogens with zero attached hydrogens (tertiary/aromatic N) is 1. The molecule has 1 rings (SSSR count). The third-order valence-corrected chi connectivity index (χ3v) is 3.18. The second-order valence-electron chi connectivity index (χ2n) is 4.25. The zero-order chi connectivity index (χ0) is 12.0. The van der Waals surface area contributed by atoms with Gasteiger partial charge in [0.15, 0.2) is 0 Å². The fraction of sp³-hybridized carbons (Fsp3) is 0.538. The van der Waals surface area contributed by atoms with E-state index in [1.165, 1.54) is 10.5 Å². The molecule has 1 aromatic rings. The first-order valence-corrected chi connectivity index (χ1v) is 6.76. The molecular weight excluding hydrogens is 216 g/mol. The molecular formula is C13H22N2S. The molecule has 0 spiro atoms. The summed E-state index contributed by atoms with van der Waals surface area (Å²) in [5.41, 5.74) is 7.12. The van der Waals surface area contributed by atoms with Crippen LogP contribution in [0.1, 0.15) is 19.4 Å². The Labute approximate surface area is 103 Å². The van der Waals surface area contributed by atoms with Crippen LogP contribution in [0, 0.1) is 0 Å². The highest BCUT2D eigenvalue weighted by atomic mass is 32.2. The van der Waals surface area contributed by atoms with Crippen molar-refractivity contribution in [2.45, 2.75) is 31.3 Å². The second-order valence-corrected chi connectivity index (χ2v) is 5.59. The molecule has 0 radical (unpaired) electrons. The van der Waals surface area contributed by atoms with Crippen molar-refractivity contribution in [2.75, 3.05) is 19.3 Å². The maximum Gasteiger partial charge on any atom is 0.0231 e. The molecule has 0 amide bonds. The van der Waals surface area contributed by atoms with Gasteiger partial charge < -0.3 is 10.6 Å². The van der Waals surface area contributed by atoms with Crippen molar-refractivity contribution in [3.8, 4) is 0 Å². The lowest BCUT2D eigenvalue weighted by Crippen LogP contribution is -2.32. The Hall–Kier alpha value is -0.510. The highest BCUT2D eigenvalue weighted by Gasteiger charge is 2.03. The van der Waals surface area contributed by atoms with Gasteiger partial charge in [-0.3, -0.25) is 0 Å². The molecule has 3 heteroatoms. The van der Waals surface area contributed by atoms with Crippen molar-refractivity contribution in [3.05, 3.63) is 29.8 Å². The standard InChI is InChI=1S/C13H22N2S/c1-4-16-13-7-5-12(6-8-13)10-15(3)9-11(2)14/h5-8,11H,4,9-10,14H2,1-3H3. The Morgan fingerprint density at radius 3 is 2.44 bits per heavy atom. The van der Waals surface area contributed by atoms with E-state index < -0.39 is 0 Å². The lowest BCUT2D eigenvalue weighted by Gasteiger charge is -2.18. The highest BCUT2D eigenvalue weighted by molar-refractivity contribution is 7.99. The summed E-state index contributed by atoms with van der Waals surface area (Å²) in [6.07, 6.45) is 0. The molecule has 0 aromatic heterocycles. The van der Waals surface area contributed by atoms with Crippen LogP contribution < -0.4 is 5.73 Å². The Morgan fingerprint density at radius 2 is 1.94 bits per heavy atom. The van der Waals surface area contributed by atoms with E-state index in [4.69, 9.17) is 5.73 Å². The van der Waals surface area contributed by atoms with Crippen molar-refractivity contribution in [3.63, 3.8) is 0 Å². The van der Waals surface area contributed by atoms with E-state index in [0.717, 1.165) is 18.8 Å². The molecule has 0 aliphatic rings. The van der Waals surface area contributed by atoms with Crippen molar-refractivity contribution in [1.29, 1.82) is 0 Å². The molecule has 0 heterocycles. The average molecular weight is 238 g/mol. The molecule has 16 heavy (non-hydrogen) atoms. The minimum Gasteiger partial charge on any atom is -0.327 e. The molecule has 0 fully saturated rings. The molecule has 0 bridgehead atoms. The quantitative estimate of drug-likeness (QED) is 0.772. The molecule has 1 unspecified atom stereocenters. The predicted octanol–water partition coefficient (Wildman–Crippen LogP) is 2.58. The summed E-state index contributed by atoms with van der Waals surface area (Å²) in [6.45, 7) is 6.12. The Kier molecular flexibility index (Phi) is 5.88. The van der Waals surface area contributed by atoms with Crippen LogP contribution in [0.15, 0.2) is 29.2 Å². The molecule has 0 saturated carbocycles. The molecule has 0 aliphatic heterocycles. The van der Waals surface area contributed by atoms with E-state index in [-0.39, 0.29) is 6.04 Å². The monoisotopic (exact) mass is 238 g/mol. The summed E-state index contributed by atoms with van der Waals surface area (Å²) in [7, 11) is 2.11. The van der Waals surface area contributed by atoms with E-state index >= 15 is 0 Å². The van der Waals surface area contributed by atoms with Crippen molar-refractivity contribution < 1.29 is 0 Å². The summed E-state index contributed by atoms with van der Waals surface area (Å²) in [6, 6.07) is 9.04. The van der Waals surface area contributed by atoms with Crippen LogP contribution in [0.3, 0.4) is 0 Å². The number of thioether (sulfide) groups is 1. The predicted molar refractivity (Wildman–Crippen MR) is 72.8 cm³/mol. The van der Waals surface area contributed by atoms with Gasteiger partial charge in [-0.25, -0.2) is 0 Å². The van der Waals surface area contributed by atoms with E-state index in [1.54, 1.807) is 0 Å². The zero-order valence-electron chi connectivity index (χ0n) is 10.4. The van der Waals surface area contributed by atoms with Gasteiger partial charge in [-0.05, 0) is 37.4 Å². The largest absolute Gasteiger partial charge is 0.327 e. The van der Waals surface area contributed by atoms with Gasteiger partial charge in [-0.15, -0.1) is 11.8 Å². The minimum atomic E-state index is 0.236. The van der Waals surface area contributed by atoms with E-state index in [9.17, 15) is 0 Å². The molecule has 1 aromatic carbocycles. The van der Waals surface area contributed by atoms with Gasteiger partial charge in [0.25, 0.3) is 0 Å². The summed E-state index contributed by atoms with van der Waals surface area (Å²) in [4.78, 5) is 3.60. The first-order valence-electron chi connectivity index (χ1n) is 5.77. The number of likely N-dealkylation sites (N-methyl/N-ethyl adjacent to an activating group) is 1. The lowest BCUT2D eigenvalue weighted by molar-refractivity contribution is 0.310. The van der Waals surface area contributed by atoms with Gasteiger partial charge in [0.05, 0.1) is 0 Å². The number of benzene rings is 1. The van der Waals surface area contributed by atoms with Gasteiger partial charge in [-0.2, -0.15) is 0 Å². The maximum absolute atomic E-state index is 5.77. The smallest absolute Gasteiger partial charge is 0.0231 e. The fourth-order valence-electron chi connectivity index (χ4n) is 1.73. The zero-order valence-corrected chi connectivity index (χ0v) is 11.3. The maximum atomic E-state index is 5.77. The van der Waals surface area contributed by atoms with Crippen molar-refractivity contribution in [2.24, 2.45) is 5.73 Å². The van der Waals surface area contributed by atoms with Crippen molar-refractivity contribution >= 4 is 11.8 Å². The molecule has 1 atom stereocenters. The Morgan fingerprint density at radius 1 is 1.31 bits per heavy atom. The van der Waals surface area contributed by atoms with Crippen LogP contribution in [0.5, 0.6) is 0 Å². The van der Waals surface area contributed by atoms with Crippen LogP contribution in [-0.4, -0.2) is 30.3 Å². The Bertz CT molecular complexity index is 295. The van der Waals surface area contributed by atoms with Crippen LogP contribution in [-0.2, 0) is 6.54 Å². The summed E-state index contributed by atoms with van der Waals surface area (Å²) >= 11 is 1.88. The lowest BCUT2D eigenvalue weighted by atomic mass is 10.2. The topological polar surface area (TPSA) is 29.3 Å².